The van der Waals surface area contributed by atoms with Crippen LogP contribution in [0.3, 0.4) is 0 Å². The highest BCUT2D eigenvalue weighted by atomic mass is 16.5. The van der Waals surface area contributed by atoms with Crippen LogP contribution in [0.15, 0.2) is 35.5 Å². The lowest BCUT2D eigenvalue weighted by Gasteiger charge is -2.55. The Labute approximate surface area is 209 Å². The quantitative estimate of drug-likeness (QED) is 0.293. The van der Waals surface area contributed by atoms with Gasteiger partial charge in [0.2, 0.25) is 0 Å². The summed E-state index contributed by atoms with van der Waals surface area (Å²) >= 11 is 0. The maximum absolute atomic E-state index is 6.67. The molecule has 1 aliphatic heterocycles. The number of allylic oxidation sites excluding steroid dienone is 3. The molecule has 3 rings (SSSR count). The molecule has 1 heterocycles. The van der Waals surface area contributed by atoms with E-state index in [1.165, 1.54) is 56.1 Å². The first-order chi connectivity index (χ1) is 15.6. The van der Waals surface area contributed by atoms with Gasteiger partial charge in [-0.25, -0.2) is 0 Å². The molecule has 0 amide bonds. The summed E-state index contributed by atoms with van der Waals surface area (Å²) in [6, 6.07) is 0. The molecular formula is C32H60O. The number of unbranched alkanes of at least 4 members (excludes halogenated alkanes) is 2. The van der Waals surface area contributed by atoms with E-state index in [-0.39, 0.29) is 5.60 Å². The molecule has 1 nitrogen and oxygen atoms in total. The molecule has 0 aromatic heterocycles. The van der Waals surface area contributed by atoms with Crippen LogP contribution in [0.1, 0.15) is 128 Å². The van der Waals surface area contributed by atoms with Crippen LogP contribution in [0.25, 0.3) is 0 Å². The van der Waals surface area contributed by atoms with Crippen LogP contribution in [0.2, 0.25) is 0 Å². The predicted molar refractivity (Wildman–Crippen MR) is 151 cm³/mol. The second kappa shape index (κ2) is 16.0. The Bertz CT molecular complexity index is 606. The molecule has 33 heavy (non-hydrogen) atoms. The Morgan fingerprint density at radius 2 is 1.70 bits per heavy atom. The minimum atomic E-state index is 0.0363. The highest BCUT2D eigenvalue weighted by molar-refractivity contribution is 5.33. The van der Waals surface area contributed by atoms with Crippen molar-refractivity contribution in [3.05, 3.63) is 35.5 Å². The SMILES string of the molecule is C=C(C)C(C)C.CC.CC.CCCCCC1=CC2OC(C)(C)C3CCC(C)CC3C2C(C)=C1. The van der Waals surface area contributed by atoms with Gasteiger partial charge in [-0.15, -0.1) is 0 Å². The van der Waals surface area contributed by atoms with Crippen LogP contribution in [0, 0.1) is 29.6 Å². The van der Waals surface area contributed by atoms with E-state index in [0.29, 0.717) is 17.9 Å². The summed E-state index contributed by atoms with van der Waals surface area (Å²) in [6.07, 6.45) is 14.6. The topological polar surface area (TPSA) is 9.23 Å². The van der Waals surface area contributed by atoms with Crippen molar-refractivity contribution in [1.82, 2.24) is 0 Å². The Balaban J connectivity index is 0.000000880. The molecule has 5 unspecified atom stereocenters. The van der Waals surface area contributed by atoms with E-state index in [1.54, 1.807) is 5.57 Å². The highest BCUT2D eigenvalue weighted by Crippen LogP contribution is 2.53. The van der Waals surface area contributed by atoms with Crippen molar-refractivity contribution < 1.29 is 4.74 Å². The normalized spacial score (nSPS) is 29.3. The van der Waals surface area contributed by atoms with Crippen LogP contribution in [-0.2, 0) is 4.74 Å². The first-order valence-electron chi connectivity index (χ1n) is 14.3. The molecule has 0 N–H and O–H groups in total. The van der Waals surface area contributed by atoms with Gasteiger partial charge in [-0.05, 0) is 82.6 Å². The lowest BCUT2D eigenvalue weighted by Crippen LogP contribution is -2.55. The summed E-state index contributed by atoms with van der Waals surface area (Å²) in [5.74, 6) is 3.72. The number of hydrogen-bond donors (Lipinski definition) is 0. The smallest absolute Gasteiger partial charge is 0.0836 e. The molecule has 5 atom stereocenters. The van der Waals surface area contributed by atoms with Gasteiger partial charge in [-0.2, -0.15) is 0 Å². The van der Waals surface area contributed by atoms with Gasteiger partial charge in [0.05, 0.1) is 11.7 Å². The Kier molecular flexibility index (Phi) is 15.6. The summed E-state index contributed by atoms with van der Waals surface area (Å²) in [5, 5.41) is 0. The Morgan fingerprint density at radius 1 is 1.12 bits per heavy atom. The minimum absolute atomic E-state index is 0.0363. The molecule has 2 aliphatic carbocycles. The van der Waals surface area contributed by atoms with Crippen molar-refractivity contribution in [2.24, 2.45) is 29.6 Å². The lowest BCUT2D eigenvalue weighted by molar-refractivity contribution is -0.184. The highest BCUT2D eigenvalue weighted by Gasteiger charge is 2.51. The fourth-order valence-electron chi connectivity index (χ4n) is 5.56. The number of ether oxygens (including phenoxy) is 1. The van der Waals surface area contributed by atoms with Crippen LogP contribution in [0.4, 0.5) is 0 Å². The molecule has 0 bridgehead atoms. The van der Waals surface area contributed by atoms with Crippen LogP contribution >= 0.6 is 0 Å². The first kappa shape index (κ1) is 32.2. The zero-order valence-corrected chi connectivity index (χ0v) is 24.7. The Hall–Kier alpha value is -0.820. The zero-order valence-electron chi connectivity index (χ0n) is 24.7. The zero-order chi connectivity index (χ0) is 25.8. The number of fused-ring (bicyclic) bond motifs is 3. The third kappa shape index (κ3) is 9.75. The summed E-state index contributed by atoms with van der Waals surface area (Å²) in [7, 11) is 0. The van der Waals surface area contributed by atoms with Gasteiger partial charge in [-0.3, -0.25) is 0 Å². The van der Waals surface area contributed by atoms with Gasteiger partial charge < -0.3 is 4.74 Å². The third-order valence-electron chi connectivity index (χ3n) is 7.68. The van der Waals surface area contributed by atoms with Crippen molar-refractivity contribution in [2.45, 2.75) is 140 Å². The standard InChI is InChI=1S/C22H36O.C6H12.2C2H6/c1-6-7-8-9-17-13-16(3)21-18-12-15(2)10-11-19(18)22(4,5)23-20(21)14-17;1-5(2)6(3)4;2*1-2/h13-15,18-21H,6-12H2,1-5H3;6H,1H2,2-4H3;2*1-2H3. The maximum atomic E-state index is 6.67. The molecule has 194 valence electrons. The van der Waals surface area contributed by atoms with Crippen LogP contribution < -0.4 is 0 Å². The van der Waals surface area contributed by atoms with Crippen molar-refractivity contribution >= 4 is 0 Å². The van der Waals surface area contributed by atoms with Gasteiger partial charge in [0, 0.05) is 5.92 Å². The second-order valence-electron chi connectivity index (χ2n) is 11.0. The fraction of sp³-hybridized carbons (Fsp3) is 0.812. The Morgan fingerprint density at radius 3 is 2.21 bits per heavy atom. The van der Waals surface area contributed by atoms with Gasteiger partial charge >= 0.3 is 0 Å². The van der Waals surface area contributed by atoms with Crippen LogP contribution in [0.5, 0.6) is 0 Å². The van der Waals surface area contributed by atoms with E-state index in [2.05, 4.69) is 67.2 Å². The molecule has 0 spiro atoms. The number of hydrogen-bond acceptors (Lipinski definition) is 1. The average molecular weight is 461 g/mol. The first-order valence-corrected chi connectivity index (χ1v) is 14.3. The molecule has 1 saturated carbocycles. The molecule has 0 radical (unpaired) electrons. The molecule has 0 aromatic rings. The summed E-state index contributed by atoms with van der Waals surface area (Å²) < 4.78 is 6.67. The van der Waals surface area contributed by atoms with Crippen molar-refractivity contribution in [1.29, 1.82) is 0 Å². The minimum Gasteiger partial charge on any atom is -0.367 e. The van der Waals surface area contributed by atoms with E-state index in [0.717, 1.165) is 17.8 Å². The monoisotopic (exact) mass is 460 g/mol. The predicted octanol–water partition coefficient (Wildman–Crippen LogP) is 10.6. The fourth-order valence-corrected chi connectivity index (χ4v) is 5.56. The van der Waals surface area contributed by atoms with Crippen molar-refractivity contribution in [3.63, 3.8) is 0 Å². The molecule has 1 saturated heterocycles. The van der Waals surface area contributed by atoms with Crippen molar-refractivity contribution in [2.75, 3.05) is 0 Å². The van der Waals surface area contributed by atoms with E-state index < -0.39 is 0 Å². The number of rotatable bonds is 5. The largest absolute Gasteiger partial charge is 0.367 e. The summed E-state index contributed by atoms with van der Waals surface area (Å²) in [4.78, 5) is 0. The van der Waals surface area contributed by atoms with Gasteiger partial charge in [0.1, 0.15) is 0 Å². The van der Waals surface area contributed by atoms with Gasteiger partial charge in [0.25, 0.3) is 0 Å². The maximum Gasteiger partial charge on any atom is 0.0836 e. The van der Waals surface area contributed by atoms with E-state index in [9.17, 15) is 0 Å². The molecule has 3 aliphatic rings. The molecule has 0 aromatic carbocycles. The summed E-state index contributed by atoms with van der Waals surface area (Å²) in [6.45, 7) is 29.9. The third-order valence-corrected chi connectivity index (χ3v) is 7.68. The molecule has 1 heteroatoms. The molecular weight excluding hydrogens is 400 g/mol. The van der Waals surface area contributed by atoms with E-state index in [1.807, 2.05) is 34.6 Å². The van der Waals surface area contributed by atoms with Gasteiger partial charge in [0.15, 0.2) is 0 Å². The second-order valence-corrected chi connectivity index (χ2v) is 11.0. The van der Waals surface area contributed by atoms with Gasteiger partial charge in [-0.1, -0.05) is 105 Å². The lowest BCUT2D eigenvalue weighted by atomic mass is 9.58. The summed E-state index contributed by atoms with van der Waals surface area (Å²) in [5.41, 5.74) is 4.41. The van der Waals surface area contributed by atoms with E-state index >= 15 is 0 Å². The average Bonchev–Trinajstić information content (AvgIpc) is 2.76. The molecule has 2 fully saturated rings. The van der Waals surface area contributed by atoms with Crippen LogP contribution in [-0.4, -0.2) is 11.7 Å². The van der Waals surface area contributed by atoms with Crippen molar-refractivity contribution in [3.8, 4) is 0 Å². The van der Waals surface area contributed by atoms with E-state index in [4.69, 9.17) is 4.74 Å².